The fourth-order valence-electron chi connectivity index (χ4n) is 3.21. The highest BCUT2D eigenvalue weighted by molar-refractivity contribution is 5.90. The van der Waals surface area contributed by atoms with E-state index in [-0.39, 0.29) is 13.0 Å². The van der Waals surface area contributed by atoms with Gasteiger partial charge in [-0.1, -0.05) is 63.3 Å². The van der Waals surface area contributed by atoms with Crippen LogP contribution in [0.5, 0.6) is 0 Å². The number of benzene rings is 1. The van der Waals surface area contributed by atoms with Crippen molar-refractivity contribution in [1.82, 2.24) is 5.32 Å². The highest BCUT2D eigenvalue weighted by atomic mass is 16.5. The standard InChI is InChI=1S/C23H34N2O3/c1-4-6-7-8-9-10-11-20-12-14-21(15-13-20)16-17-23(18-24,25-19(3)26)22(27)28-5-2/h12-15H,4-11,16-17H2,1-3H3,(H,25,26). The Labute approximate surface area is 169 Å². The molecule has 0 heterocycles. The Balaban J connectivity index is 2.60. The van der Waals surface area contributed by atoms with Crippen LogP contribution < -0.4 is 5.32 Å². The van der Waals surface area contributed by atoms with Gasteiger partial charge in [0.25, 0.3) is 0 Å². The number of nitrogens with zero attached hydrogens (tertiary/aromatic N) is 1. The van der Waals surface area contributed by atoms with Crippen molar-refractivity contribution >= 4 is 11.9 Å². The van der Waals surface area contributed by atoms with Gasteiger partial charge >= 0.3 is 5.97 Å². The molecular formula is C23H34N2O3. The molecule has 28 heavy (non-hydrogen) atoms. The number of ether oxygens (including phenoxy) is 1. The van der Waals surface area contributed by atoms with Gasteiger partial charge in [0.05, 0.1) is 6.61 Å². The number of amides is 1. The number of hydrogen-bond acceptors (Lipinski definition) is 4. The van der Waals surface area contributed by atoms with Gasteiger partial charge in [-0.15, -0.1) is 0 Å². The van der Waals surface area contributed by atoms with Crippen molar-refractivity contribution in [3.8, 4) is 6.07 Å². The third-order valence-corrected chi connectivity index (χ3v) is 4.83. The van der Waals surface area contributed by atoms with Gasteiger partial charge < -0.3 is 10.1 Å². The average Bonchev–Trinajstić information content (AvgIpc) is 2.68. The molecule has 0 bridgehead atoms. The Kier molecular flexibility index (Phi) is 10.9. The molecule has 0 aromatic heterocycles. The zero-order valence-electron chi connectivity index (χ0n) is 17.6. The van der Waals surface area contributed by atoms with E-state index < -0.39 is 17.4 Å². The van der Waals surface area contributed by atoms with Gasteiger partial charge in [0.15, 0.2) is 0 Å². The Morgan fingerprint density at radius 2 is 1.57 bits per heavy atom. The van der Waals surface area contributed by atoms with Crippen molar-refractivity contribution in [2.75, 3.05) is 6.61 Å². The van der Waals surface area contributed by atoms with Crippen molar-refractivity contribution in [3.63, 3.8) is 0 Å². The van der Waals surface area contributed by atoms with Crippen molar-refractivity contribution < 1.29 is 14.3 Å². The number of esters is 1. The molecule has 0 saturated heterocycles. The summed E-state index contributed by atoms with van der Waals surface area (Å²) in [5.41, 5.74) is 0.693. The first-order valence-corrected chi connectivity index (χ1v) is 10.4. The van der Waals surface area contributed by atoms with Crippen LogP contribution >= 0.6 is 0 Å². The van der Waals surface area contributed by atoms with E-state index in [4.69, 9.17) is 4.74 Å². The maximum atomic E-state index is 12.3. The minimum Gasteiger partial charge on any atom is -0.463 e. The molecule has 0 aliphatic heterocycles. The summed E-state index contributed by atoms with van der Waals surface area (Å²) in [4.78, 5) is 23.8. The Hall–Kier alpha value is -2.35. The number of hydrogen-bond donors (Lipinski definition) is 1. The van der Waals surface area contributed by atoms with Crippen LogP contribution in [0.4, 0.5) is 0 Å². The second kappa shape index (κ2) is 12.9. The lowest BCUT2D eigenvalue weighted by Crippen LogP contribution is -2.54. The van der Waals surface area contributed by atoms with Crippen molar-refractivity contribution in [2.45, 2.75) is 84.1 Å². The van der Waals surface area contributed by atoms with Crippen LogP contribution in [0.3, 0.4) is 0 Å². The molecule has 1 aromatic carbocycles. The molecule has 0 radical (unpaired) electrons. The van der Waals surface area contributed by atoms with Gasteiger partial charge in [0, 0.05) is 6.92 Å². The molecule has 0 spiro atoms. The maximum Gasteiger partial charge on any atom is 0.346 e. The number of nitrogens with one attached hydrogen (secondary N) is 1. The monoisotopic (exact) mass is 386 g/mol. The van der Waals surface area contributed by atoms with Gasteiger partial charge in [0.2, 0.25) is 11.4 Å². The third kappa shape index (κ3) is 8.12. The van der Waals surface area contributed by atoms with E-state index in [1.165, 1.54) is 51.0 Å². The van der Waals surface area contributed by atoms with Gasteiger partial charge in [-0.25, -0.2) is 4.79 Å². The third-order valence-electron chi connectivity index (χ3n) is 4.83. The van der Waals surface area contributed by atoms with E-state index in [2.05, 4.69) is 24.4 Å². The average molecular weight is 387 g/mol. The molecule has 154 valence electrons. The van der Waals surface area contributed by atoms with Crippen molar-refractivity contribution in [1.29, 1.82) is 5.26 Å². The van der Waals surface area contributed by atoms with Crippen molar-refractivity contribution in [3.05, 3.63) is 35.4 Å². The lowest BCUT2D eigenvalue weighted by molar-refractivity contribution is -0.150. The zero-order valence-corrected chi connectivity index (χ0v) is 17.6. The lowest BCUT2D eigenvalue weighted by Gasteiger charge is -2.25. The van der Waals surface area contributed by atoms with Crippen LogP contribution in [0, 0.1) is 11.3 Å². The van der Waals surface area contributed by atoms with Crippen LogP contribution in [-0.4, -0.2) is 24.0 Å². The number of carbonyl (C=O) groups is 2. The predicted molar refractivity (Wildman–Crippen MR) is 111 cm³/mol. The first-order valence-electron chi connectivity index (χ1n) is 10.4. The summed E-state index contributed by atoms with van der Waals surface area (Å²) in [6.45, 7) is 5.36. The Bertz CT molecular complexity index is 649. The van der Waals surface area contributed by atoms with E-state index >= 15 is 0 Å². The molecule has 5 heteroatoms. The van der Waals surface area contributed by atoms with Gasteiger partial charge in [-0.2, -0.15) is 5.26 Å². The van der Waals surface area contributed by atoms with Crippen LogP contribution in [0.1, 0.15) is 76.8 Å². The predicted octanol–water partition coefficient (Wildman–Crippen LogP) is 4.48. The van der Waals surface area contributed by atoms with Gasteiger partial charge in [-0.3, -0.25) is 4.79 Å². The van der Waals surface area contributed by atoms with E-state index in [1.807, 2.05) is 18.2 Å². The molecule has 0 aliphatic rings. The zero-order chi connectivity index (χ0) is 20.8. The van der Waals surface area contributed by atoms with Crippen LogP contribution in [0.15, 0.2) is 24.3 Å². The molecule has 1 amide bonds. The fraction of sp³-hybridized carbons (Fsp3) is 0.609. The first-order chi connectivity index (χ1) is 13.5. The SMILES string of the molecule is CCCCCCCCc1ccc(CCC(C#N)(NC(C)=O)C(=O)OCC)cc1. The summed E-state index contributed by atoms with van der Waals surface area (Å²) in [6.07, 6.45) is 9.44. The van der Waals surface area contributed by atoms with Crippen LogP contribution in [-0.2, 0) is 27.2 Å². The molecule has 1 aromatic rings. The first kappa shape index (κ1) is 23.7. The molecule has 0 saturated carbocycles. The minimum atomic E-state index is -1.64. The number of aryl methyl sites for hydroxylation is 2. The van der Waals surface area contributed by atoms with E-state index in [0.29, 0.717) is 6.42 Å². The molecule has 0 aliphatic carbocycles. The molecule has 1 unspecified atom stereocenters. The van der Waals surface area contributed by atoms with E-state index in [1.54, 1.807) is 6.92 Å². The normalized spacial score (nSPS) is 12.6. The van der Waals surface area contributed by atoms with E-state index in [9.17, 15) is 14.9 Å². The summed E-state index contributed by atoms with van der Waals surface area (Å²) in [5, 5.41) is 12.0. The number of unbranched alkanes of at least 4 members (excludes halogenated alkanes) is 5. The number of rotatable bonds is 13. The highest BCUT2D eigenvalue weighted by Crippen LogP contribution is 2.18. The molecular weight excluding hydrogens is 352 g/mol. The van der Waals surface area contributed by atoms with Gasteiger partial charge in [-0.05, 0) is 43.7 Å². The van der Waals surface area contributed by atoms with Crippen LogP contribution in [0.2, 0.25) is 0 Å². The molecule has 0 fully saturated rings. The summed E-state index contributed by atoms with van der Waals surface area (Å²) in [6, 6.07) is 10.2. The molecule has 5 nitrogen and oxygen atoms in total. The maximum absolute atomic E-state index is 12.3. The minimum absolute atomic E-state index is 0.162. The second-order valence-corrected chi connectivity index (χ2v) is 7.25. The largest absolute Gasteiger partial charge is 0.463 e. The highest BCUT2D eigenvalue weighted by Gasteiger charge is 2.41. The lowest BCUT2D eigenvalue weighted by atomic mass is 9.92. The summed E-state index contributed by atoms with van der Waals surface area (Å²) in [5.74, 6) is -1.13. The smallest absolute Gasteiger partial charge is 0.346 e. The molecule has 1 atom stereocenters. The second-order valence-electron chi connectivity index (χ2n) is 7.25. The Morgan fingerprint density at radius 3 is 2.11 bits per heavy atom. The quantitative estimate of drug-likeness (QED) is 0.400. The molecule has 1 rings (SSSR count). The number of nitriles is 1. The van der Waals surface area contributed by atoms with E-state index in [0.717, 1.165) is 12.0 Å². The van der Waals surface area contributed by atoms with Crippen LogP contribution in [0.25, 0.3) is 0 Å². The van der Waals surface area contributed by atoms with Gasteiger partial charge in [0.1, 0.15) is 6.07 Å². The molecule has 1 N–H and O–H groups in total. The summed E-state index contributed by atoms with van der Waals surface area (Å²) < 4.78 is 5.01. The van der Waals surface area contributed by atoms with Crippen molar-refractivity contribution in [2.24, 2.45) is 0 Å². The topological polar surface area (TPSA) is 79.2 Å². The Morgan fingerprint density at radius 1 is 1.00 bits per heavy atom. The fourth-order valence-corrected chi connectivity index (χ4v) is 3.21. The summed E-state index contributed by atoms with van der Waals surface area (Å²) in [7, 11) is 0. The number of carbonyl (C=O) groups excluding carboxylic acids is 2. The summed E-state index contributed by atoms with van der Waals surface area (Å²) >= 11 is 0.